The first-order valence-electron chi connectivity index (χ1n) is 10.8. The van der Waals surface area contributed by atoms with Gasteiger partial charge in [-0.2, -0.15) is 4.31 Å². The highest BCUT2D eigenvalue weighted by Crippen LogP contribution is 2.23. The van der Waals surface area contributed by atoms with E-state index in [-0.39, 0.29) is 10.6 Å². The molecule has 0 atom stereocenters. The number of rotatable bonds is 5. The molecule has 32 heavy (non-hydrogen) atoms. The first-order chi connectivity index (χ1) is 15.4. The number of carbonyl (C=O) groups is 1. The topological polar surface area (TPSA) is 97.2 Å². The maximum absolute atomic E-state index is 13.1. The summed E-state index contributed by atoms with van der Waals surface area (Å²) in [5, 5.41) is 10.9. The van der Waals surface area contributed by atoms with Crippen molar-refractivity contribution in [2.75, 3.05) is 18.4 Å². The van der Waals surface area contributed by atoms with E-state index < -0.39 is 15.9 Å². The molecule has 1 aromatic heterocycles. The molecular weight excluding hydrogens is 426 g/mol. The molecule has 0 spiro atoms. The third-order valence-electron chi connectivity index (χ3n) is 5.68. The first kappa shape index (κ1) is 22.2. The van der Waals surface area contributed by atoms with Crippen LogP contribution < -0.4 is 5.32 Å². The Labute approximate surface area is 188 Å². The molecule has 2 heterocycles. The van der Waals surface area contributed by atoms with Crippen LogP contribution in [0.15, 0.2) is 53.4 Å². The van der Waals surface area contributed by atoms with E-state index >= 15 is 0 Å². The highest BCUT2D eigenvalue weighted by atomic mass is 32.2. The van der Waals surface area contributed by atoms with Gasteiger partial charge in [-0.3, -0.25) is 4.79 Å². The number of sulfonamides is 1. The zero-order chi connectivity index (χ0) is 22.7. The fraction of sp³-hybridized carbons (Fsp3) is 0.348. The molecule has 3 aromatic rings. The van der Waals surface area contributed by atoms with Gasteiger partial charge in [0.25, 0.3) is 5.91 Å². The predicted octanol–water partition coefficient (Wildman–Crippen LogP) is 3.70. The van der Waals surface area contributed by atoms with Gasteiger partial charge in [0.15, 0.2) is 5.69 Å². The Morgan fingerprint density at radius 2 is 1.66 bits per heavy atom. The summed E-state index contributed by atoms with van der Waals surface area (Å²) in [6.07, 6.45) is 3.83. The minimum atomic E-state index is -3.60. The van der Waals surface area contributed by atoms with Crippen LogP contribution in [0, 0.1) is 13.8 Å². The Bertz CT molecular complexity index is 1210. The molecule has 1 amide bonds. The van der Waals surface area contributed by atoms with E-state index in [9.17, 15) is 13.2 Å². The van der Waals surface area contributed by atoms with Crippen molar-refractivity contribution >= 4 is 21.6 Å². The predicted molar refractivity (Wildman–Crippen MR) is 122 cm³/mol. The number of nitrogens with zero attached hydrogens (tertiary/aromatic N) is 4. The highest BCUT2D eigenvalue weighted by Gasteiger charge is 2.26. The number of nitrogens with one attached hydrogen (secondary N) is 1. The van der Waals surface area contributed by atoms with Crippen LogP contribution in [0.1, 0.15) is 47.4 Å². The quantitative estimate of drug-likeness (QED) is 0.635. The molecule has 1 fully saturated rings. The lowest BCUT2D eigenvalue weighted by molar-refractivity contribution is 0.102. The van der Waals surface area contributed by atoms with Crippen LogP contribution in [0.4, 0.5) is 5.69 Å². The Balaban J connectivity index is 1.54. The minimum absolute atomic E-state index is 0.178. The third kappa shape index (κ3) is 4.58. The molecule has 9 heteroatoms. The van der Waals surface area contributed by atoms with Gasteiger partial charge in [0.05, 0.1) is 16.3 Å². The largest absolute Gasteiger partial charge is 0.320 e. The second-order valence-electron chi connectivity index (χ2n) is 8.07. The van der Waals surface area contributed by atoms with E-state index in [1.165, 1.54) is 10.4 Å². The molecule has 1 aliphatic rings. The number of anilines is 1. The van der Waals surface area contributed by atoms with Gasteiger partial charge in [-0.25, -0.2) is 13.1 Å². The van der Waals surface area contributed by atoms with Gasteiger partial charge in [0.1, 0.15) is 0 Å². The molecule has 8 nitrogen and oxygen atoms in total. The zero-order valence-corrected chi connectivity index (χ0v) is 19.1. The van der Waals surface area contributed by atoms with Crippen LogP contribution >= 0.6 is 0 Å². The minimum Gasteiger partial charge on any atom is -0.320 e. The van der Waals surface area contributed by atoms with Gasteiger partial charge < -0.3 is 5.32 Å². The first-order valence-corrected chi connectivity index (χ1v) is 12.2. The normalized spacial score (nSPS) is 15.3. The van der Waals surface area contributed by atoms with Gasteiger partial charge in [-0.1, -0.05) is 41.8 Å². The van der Waals surface area contributed by atoms with E-state index in [4.69, 9.17) is 0 Å². The molecule has 168 valence electrons. The second kappa shape index (κ2) is 9.22. The van der Waals surface area contributed by atoms with Gasteiger partial charge in [0.2, 0.25) is 10.0 Å². The summed E-state index contributed by atoms with van der Waals surface area (Å²) in [5.41, 5.74) is 3.12. The number of hydrogen-bond acceptors (Lipinski definition) is 5. The molecule has 1 N–H and O–H groups in total. The summed E-state index contributed by atoms with van der Waals surface area (Å²) in [5.74, 6) is -0.440. The van der Waals surface area contributed by atoms with E-state index in [1.54, 1.807) is 29.8 Å². The van der Waals surface area contributed by atoms with E-state index in [0.29, 0.717) is 24.5 Å². The Hall–Kier alpha value is -3.04. The van der Waals surface area contributed by atoms with Gasteiger partial charge in [0, 0.05) is 18.8 Å². The second-order valence-corrected chi connectivity index (χ2v) is 10.0. The standard InChI is InChI=1S/C23H27N5O3S/c1-17-10-12-20(13-11-17)28-18(2)22(25-26-28)23(29)24-19-8-7-9-21(16-19)32(30,31)27-14-5-3-4-6-15-27/h7-13,16H,3-6,14-15H2,1-2H3,(H,24,29). The van der Waals surface area contributed by atoms with Crippen LogP contribution in [0.5, 0.6) is 0 Å². The van der Waals surface area contributed by atoms with Crippen molar-refractivity contribution in [2.45, 2.75) is 44.4 Å². The van der Waals surface area contributed by atoms with Crippen molar-refractivity contribution < 1.29 is 13.2 Å². The average molecular weight is 454 g/mol. The van der Waals surface area contributed by atoms with Crippen LogP contribution in [-0.4, -0.2) is 46.7 Å². The maximum Gasteiger partial charge on any atom is 0.278 e. The van der Waals surface area contributed by atoms with Crippen molar-refractivity contribution in [1.29, 1.82) is 0 Å². The lowest BCUT2D eigenvalue weighted by atomic mass is 10.2. The summed E-state index contributed by atoms with van der Waals surface area (Å²) < 4.78 is 29.3. The van der Waals surface area contributed by atoms with Crippen molar-refractivity contribution in [3.05, 3.63) is 65.5 Å². The van der Waals surface area contributed by atoms with Gasteiger partial charge >= 0.3 is 0 Å². The van der Waals surface area contributed by atoms with Crippen molar-refractivity contribution in [2.24, 2.45) is 0 Å². The summed E-state index contributed by atoms with van der Waals surface area (Å²) in [6, 6.07) is 14.1. The summed E-state index contributed by atoms with van der Waals surface area (Å²) >= 11 is 0. The number of hydrogen-bond donors (Lipinski definition) is 1. The fourth-order valence-electron chi connectivity index (χ4n) is 3.83. The number of aryl methyl sites for hydroxylation is 1. The maximum atomic E-state index is 13.1. The van der Waals surface area contributed by atoms with Gasteiger partial charge in [-0.05, 0) is 57.0 Å². The number of aromatic nitrogens is 3. The van der Waals surface area contributed by atoms with Crippen molar-refractivity contribution in [3.63, 3.8) is 0 Å². The average Bonchev–Trinajstić information content (AvgIpc) is 2.98. The van der Waals surface area contributed by atoms with E-state index in [1.807, 2.05) is 31.2 Å². The number of benzene rings is 2. The Morgan fingerprint density at radius 1 is 0.969 bits per heavy atom. The summed E-state index contributed by atoms with van der Waals surface area (Å²) in [7, 11) is -3.60. The van der Waals surface area contributed by atoms with Crippen LogP contribution in [0.3, 0.4) is 0 Å². The van der Waals surface area contributed by atoms with Crippen molar-refractivity contribution in [1.82, 2.24) is 19.3 Å². The third-order valence-corrected chi connectivity index (χ3v) is 7.58. The number of carbonyl (C=O) groups excluding carboxylic acids is 1. The van der Waals surface area contributed by atoms with Crippen LogP contribution in [-0.2, 0) is 10.0 Å². The molecule has 0 radical (unpaired) electrons. The van der Waals surface area contributed by atoms with Crippen molar-refractivity contribution in [3.8, 4) is 5.69 Å². The molecule has 4 rings (SSSR count). The molecule has 1 saturated heterocycles. The van der Waals surface area contributed by atoms with Crippen LogP contribution in [0.2, 0.25) is 0 Å². The molecule has 0 saturated carbocycles. The molecular formula is C23H27N5O3S. The highest BCUT2D eigenvalue weighted by molar-refractivity contribution is 7.89. The fourth-order valence-corrected chi connectivity index (χ4v) is 5.39. The molecule has 2 aromatic carbocycles. The Morgan fingerprint density at radius 3 is 2.34 bits per heavy atom. The Kier molecular flexibility index (Phi) is 6.38. The zero-order valence-electron chi connectivity index (χ0n) is 18.3. The molecule has 0 bridgehead atoms. The SMILES string of the molecule is Cc1ccc(-n2nnc(C(=O)Nc3cccc(S(=O)(=O)N4CCCCCC4)c3)c2C)cc1. The summed E-state index contributed by atoms with van der Waals surface area (Å²) in [6.45, 7) is 4.83. The molecule has 0 unspecified atom stereocenters. The summed E-state index contributed by atoms with van der Waals surface area (Å²) in [4.78, 5) is 13.0. The number of amides is 1. The lowest BCUT2D eigenvalue weighted by Crippen LogP contribution is -2.32. The van der Waals surface area contributed by atoms with Crippen LogP contribution in [0.25, 0.3) is 5.69 Å². The monoisotopic (exact) mass is 453 g/mol. The smallest absolute Gasteiger partial charge is 0.278 e. The molecule has 0 aliphatic carbocycles. The van der Waals surface area contributed by atoms with E-state index in [2.05, 4.69) is 15.6 Å². The molecule has 1 aliphatic heterocycles. The lowest BCUT2D eigenvalue weighted by Gasteiger charge is -2.20. The van der Waals surface area contributed by atoms with E-state index in [0.717, 1.165) is 36.9 Å². The van der Waals surface area contributed by atoms with Gasteiger partial charge in [-0.15, -0.1) is 5.10 Å².